The van der Waals surface area contributed by atoms with Gasteiger partial charge < -0.3 is 5.32 Å². The first kappa shape index (κ1) is 19.1. The van der Waals surface area contributed by atoms with Crippen LogP contribution in [0.15, 0.2) is 60.8 Å². The van der Waals surface area contributed by atoms with Crippen LogP contribution in [0.3, 0.4) is 0 Å². The first-order valence-corrected chi connectivity index (χ1v) is 9.45. The number of fused-ring (bicyclic) bond motifs is 1. The zero-order chi connectivity index (χ0) is 20.6. The molecule has 8 heteroatoms. The molecule has 0 atom stereocenters. The molecule has 0 radical (unpaired) electrons. The highest BCUT2D eigenvalue weighted by atomic mass is 32.1. The summed E-state index contributed by atoms with van der Waals surface area (Å²) in [6, 6.07) is 13.6. The van der Waals surface area contributed by atoms with Gasteiger partial charge >= 0.3 is 6.18 Å². The fourth-order valence-electron chi connectivity index (χ4n) is 3.01. The number of aromatic nitrogens is 2. The molecule has 2 aromatic carbocycles. The molecule has 0 unspecified atom stereocenters. The standard InChI is InChI=1S/C21H14F3N3OS/c1-12-13(19-27-17-10-5-11-25-20(17)29-19)7-4-9-16(12)26-18(28)14-6-2-3-8-15(14)21(22,23)24/h2-11H,1H3,(H,26,28). The van der Waals surface area contributed by atoms with Crippen LogP contribution in [0.25, 0.3) is 20.9 Å². The summed E-state index contributed by atoms with van der Waals surface area (Å²) in [6.45, 7) is 1.79. The molecule has 0 spiro atoms. The highest BCUT2D eigenvalue weighted by Crippen LogP contribution is 2.35. The molecule has 0 fully saturated rings. The fraction of sp³-hybridized carbons (Fsp3) is 0.0952. The van der Waals surface area contributed by atoms with E-state index < -0.39 is 23.2 Å². The van der Waals surface area contributed by atoms with Crippen molar-refractivity contribution in [2.45, 2.75) is 13.1 Å². The zero-order valence-corrected chi connectivity index (χ0v) is 15.9. The van der Waals surface area contributed by atoms with Gasteiger partial charge in [0, 0.05) is 17.4 Å². The largest absolute Gasteiger partial charge is 0.417 e. The summed E-state index contributed by atoms with van der Waals surface area (Å²) in [5, 5.41) is 3.33. The van der Waals surface area contributed by atoms with E-state index in [0.29, 0.717) is 11.3 Å². The van der Waals surface area contributed by atoms with Crippen LogP contribution in [0.1, 0.15) is 21.5 Å². The van der Waals surface area contributed by atoms with Gasteiger partial charge in [0.1, 0.15) is 15.4 Å². The minimum Gasteiger partial charge on any atom is -0.322 e. The molecule has 4 rings (SSSR count). The lowest BCUT2D eigenvalue weighted by atomic mass is 10.0. The lowest BCUT2D eigenvalue weighted by Crippen LogP contribution is -2.19. The second-order valence-electron chi connectivity index (χ2n) is 6.32. The summed E-state index contributed by atoms with van der Waals surface area (Å²) >= 11 is 1.41. The Balaban J connectivity index is 1.69. The number of alkyl halides is 3. The Labute approximate surface area is 168 Å². The molecule has 1 amide bonds. The van der Waals surface area contributed by atoms with E-state index in [4.69, 9.17) is 0 Å². The van der Waals surface area contributed by atoms with Gasteiger partial charge in [-0.15, -0.1) is 0 Å². The highest BCUT2D eigenvalue weighted by molar-refractivity contribution is 7.21. The van der Waals surface area contributed by atoms with Gasteiger partial charge in [-0.3, -0.25) is 4.79 Å². The average Bonchev–Trinajstić information content (AvgIpc) is 3.13. The topological polar surface area (TPSA) is 54.9 Å². The van der Waals surface area contributed by atoms with Crippen molar-refractivity contribution in [3.8, 4) is 10.6 Å². The molecule has 0 bridgehead atoms. The van der Waals surface area contributed by atoms with Crippen LogP contribution in [0.2, 0.25) is 0 Å². The normalized spacial score (nSPS) is 11.6. The van der Waals surface area contributed by atoms with Crippen LogP contribution in [0, 0.1) is 6.92 Å². The van der Waals surface area contributed by atoms with Gasteiger partial charge in [-0.05, 0) is 42.8 Å². The van der Waals surface area contributed by atoms with Crippen molar-refractivity contribution in [2.24, 2.45) is 0 Å². The van der Waals surface area contributed by atoms with Gasteiger partial charge in [-0.2, -0.15) is 13.2 Å². The molecular weight excluding hydrogens is 399 g/mol. The van der Waals surface area contributed by atoms with Gasteiger partial charge in [-0.1, -0.05) is 35.6 Å². The van der Waals surface area contributed by atoms with E-state index >= 15 is 0 Å². The Morgan fingerprint density at radius 2 is 1.83 bits per heavy atom. The fourth-order valence-corrected chi connectivity index (χ4v) is 4.00. The third-order valence-corrected chi connectivity index (χ3v) is 5.47. The van der Waals surface area contributed by atoms with Crippen molar-refractivity contribution in [3.05, 3.63) is 77.5 Å². The second kappa shape index (κ2) is 7.29. The monoisotopic (exact) mass is 413 g/mol. The van der Waals surface area contributed by atoms with Gasteiger partial charge in [0.05, 0.1) is 11.1 Å². The molecule has 146 valence electrons. The molecule has 0 saturated carbocycles. The third kappa shape index (κ3) is 3.71. The molecule has 2 aromatic heterocycles. The molecule has 0 aliphatic heterocycles. The molecular formula is C21H14F3N3OS. The smallest absolute Gasteiger partial charge is 0.322 e. The number of anilines is 1. The summed E-state index contributed by atoms with van der Waals surface area (Å²) in [4.78, 5) is 22.2. The SMILES string of the molecule is Cc1c(NC(=O)c2ccccc2C(F)(F)F)cccc1-c1nc2cccnc2s1. The van der Waals surface area contributed by atoms with Crippen molar-refractivity contribution in [1.29, 1.82) is 0 Å². The van der Waals surface area contributed by atoms with E-state index in [9.17, 15) is 18.0 Å². The van der Waals surface area contributed by atoms with Crippen molar-refractivity contribution in [1.82, 2.24) is 9.97 Å². The predicted octanol–water partition coefficient (Wildman–Crippen LogP) is 5.94. The van der Waals surface area contributed by atoms with Gasteiger partial charge in [0.15, 0.2) is 0 Å². The van der Waals surface area contributed by atoms with Crippen LogP contribution in [0.4, 0.5) is 18.9 Å². The number of halogens is 3. The molecule has 0 aliphatic rings. The van der Waals surface area contributed by atoms with E-state index in [1.807, 2.05) is 12.1 Å². The Bertz CT molecular complexity index is 1180. The predicted molar refractivity (Wildman–Crippen MR) is 107 cm³/mol. The van der Waals surface area contributed by atoms with E-state index in [1.54, 1.807) is 31.3 Å². The van der Waals surface area contributed by atoms with Crippen LogP contribution in [-0.4, -0.2) is 15.9 Å². The number of pyridine rings is 1. The van der Waals surface area contributed by atoms with Crippen LogP contribution >= 0.6 is 11.3 Å². The summed E-state index contributed by atoms with van der Waals surface area (Å²) in [6.07, 6.45) is -2.93. The number of carbonyl (C=O) groups is 1. The Morgan fingerprint density at radius 3 is 2.59 bits per heavy atom. The van der Waals surface area contributed by atoms with Crippen LogP contribution in [-0.2, 0) is 6.18 Å². The van der Waals surface area contributed by atoms with Gasteiger partial charge in [0.25, 0.3) is 5.91 Å². The molecule has 29 heavy (non-hydrogen) atoms. The Hall–Kier alpha value is -3.26. The maximum Gasteiger partial charge on any atom is 0.417 e. The molecule has 0 aliphatic carbocycles. The zero-order valence-electron chi connectivity index (χ0n) is 15.1. The van der Waals surface area contributed by atoms with Crippen molar-refractivity contribution < 1.29 is 18.0 Å². The van der Waals surface area contributed by atoms with Gasteiger partial charge in [-0.25, -0.2) is 9.97 Å². The second-order valence-corrected chi connectivity index (χ2v) is 7.30. The maximum absolute atomic E-state index is 13.2. The Morgan fingerprint density at radius 1 is 1.03 bits per heavy atom. The number of nitrogens with one attached hydrogen (secondary N) is 1. The summed E-state index contributed by atoms with van der Waals surface area (Å²) in [5.74, 6) is -0.816. The number of nitrogens with zero attached hydrogens (tertiary/aromatic N) is 2. The quantitative estimate of drug-likeness (QED) is 0.452. The molecule has 0 saturated heterocycles. The minimum atomic E-state index is -4.61. The molecule has 2 heterocycles. The Kier molecular flexibility index (Phi) is 4.79. The summed E-state index contributed by atoms with van der Waals surface area (Å²) in [7, 11) is 0. The average molecular weight is 413 g/mol. The lowest BCUT2D eigenvalue weighted by Gasteiger charge is -2.14. The highest BCUT2D eigenvalue weighted by Gasteiger charge is 2.34. The van der Waals surface area contributed by atoms with Crippen molar-refractivity contribution in [2.75, 3.05) is 5.32 Å². The molecule has 4 aromatic rings. The molecule has 4 nitrogen and oxygen atoms in total. The number of rotatable bonds is 3. The van der Waals surface area contributed by atoms with Crippen molar-refractivity contribution in [3.63, 3.8) is 0 Å². The summed E-state index contributed by atoms with van der Waals surface area (Å²) in [5.41, 5.74) is 1.30. The number of hydrogen-bond donors (Lipinski definition) is 1. The maximum atomic E-state index is 13.2. The van der Waals surface area contributed by atoms with E-state index in [0.717, 1.165) is 33.1 Å². The first-order chi connectivity index (χ1) is 13.8. The van der Waals surface area contributed by atoms with Gasteiger partial charge in [0.2, 0.25) is 0 Å². The van der Waals surface area contributed by atoms with E-state index in [1.165, 1.54) is 23.5 Å². The first-order valence-electron chi connectivity index (χ1n) is 8.64. The number of thiazole rings is 1. The number of hydrogen-bond acceptors (Lipinski definition) is 4. The number of carbonyl (C=O) groups excluding carboxylic acids is 1. The summed E-state index contributed by atoms with van der Waals surface area (Å²) < 4.78 is 39.7. The number of benzene rings is 2. The minimum absolute atomic E-state index is 0.422. The third-order valence-electron chi connectivity index (χ3n) is 4.46. The lowest BCUT2D eigenvalue weighted by molar-refractivity contribution is -0.137. The number of amides is 1. The van der Waals surface area contributed by atoms with E-state index in [2.05, 4.69) is 15.3 Å². The van der Waals surface area contributed by atoms with Crippen molar-refractivity contribution >= 4 is 33.3 Å². The van der Waals surface area contributed by atoms with E-state index in [-0.39, 0.29) is 0 Å². The van der Waals surface area contributed by atoms with Crippen LogP contribution in [0.5, 0.6) is 0 Å². The van der Waals surface area contributed by atoms with Crippen LogP contribution < -0.4 is 5.32 Å². The molecule has 1 N–H and O–H groups in total.